The second kappa shape index (κ2) is 9.57. The number of sulfonamides is 1. The summed E-state index contributed by atoms with van der Waals surface area (Å²) in [6.45, 7) is 9.78. The van der Waals surface area contributed by atoms with Crippen LogP contribution in [-0.4, -0.2) is 55.8 Å². The minimum atomic E-state index is -3.65. The molecule has 0 spiro atoms. The minimum absolute atomic E-state index is 0.113. The number of carbonyl (C=O) groups is 1. The van der Waals surface area contributed by atoms with E-state index in [1.165, 1.54) is 0 Å². The molecule has 7 heteroatoms. The minimum Gasteiger partial charge on any atom is -0.367 e. The molecule has 0 aromatic heterocycles. The summed E-state index contributed by atoms with van der Waals surface area (Å²) < 4.78 is 34.7. The van der Waals surface area contributed by atoms with Gasteiger partial charge in [0.2, 0.25) is 10.0 Å². The predicted octanol–water partition coefficient (Wildman–Crippen LogP) is 4.33. The summed E-state index contributed by atoms with van der Waals surface area (Å²) >= 11 is 0. The number of morpholine rings is 1. The standard InChI is InChI=1S/C26H34N2O4S/c1-18-10-12-28(13-11-18)33(30,31)25-15-23(14-19(2)21(25)4)26(29)27-16-20(3)32-24(17-27)22-8-6-5-7-9-22/h5-9,14-15,18,20,24H,10-13,16-17H2,1-4H3. The van der Waals surface area contributed by atoms with Gasteiger partial charge in [-0.1, -0.05) is 37.3 Å². The van der Waals surface area contributed by atoms with E-state index in [0.29, 0.717) is 43.2 Å². The molecule has 6 nitrogen and oxygen atoms in total. The number of ether oxygens (including phenoxy) is 1. The van der Waals surface area contributed by atoms with Crippen molar-refractivity contribution in [2.75, 3.05) is 26.2 Å². The van der Waals surface area contributed by atoms with Gasteiger partial charge in [0.05, 0.1) is 17.5 Å². The van der Waals surface area contributed by atoms with Gasteiger partial charge in [-0.3, -0.25) is 4.79 Å². The maximum atomic E-state index is 13.5. The molecular formula is C26H34N2O4S. The van der Waals surface area contributed by atoms with Crippen molar-refractivity contribution in [1.82, 2.24) is 9.21 Å². The number of piperidine rings is 1. The van der Waals surface area contributed by atoms with Gasteiger partial charge in [0, 0.05) is 25.2 Å². The molecule has 0 N–H and O–H groups in total. The Balaban J connectivity index is 1.62. The molecule has 33 heavy (non-hydrogen) atoms. The van der Waals surface area contributed by atoms with E-state index in [-0.39, 0.29) is 23.0 Å². The van der Waals surface area contributed by atoms with E-state index in [4.69, 9.17) is 4.74 Å². The highest BCUT2D eigenvalue weighted by Gasteiger charge is 2.33. The normalized spacial score (nSPS) is 23.0. The van der Waals surface area contributed by atoms with E-state index in [9.17, 15) is 13.2 Å². The van der Waals surface area contributed by atoms with Gasteiger partial charge in [0.15, 0.2) is 0 Å². The highest BCUT2D eigenvalue weighted by atomic mass is 32.2. The van der Waals surface area contributed by atoms with Gasteiger partial charge in [-0.15, -0.1) is 0 Å². The molecule has 1 amide bonds. The maximum Gasteiger partial charge on any atom is 0.254 e. The van der Waals surface area contributed by atoms with Gasteiger partial charge in [-0.05, 0) is 68.4 Å². The van der Waals surface area contributed by atoms with Crippen LogP contribution in [0.5, 0.6) is 0 Å². The molecule has 0 radical (unpaired) electrons. The number of benzene rings is 2. The van der Waals surface area contributed by atoms with Gasteiger partial charge >= 0.3 is 0 Å². The van der Waals surface area contributed by atoms with Crippen LogP contribution in [-0.2, 0) is 14.8 Å². The average molecular weight is 471 g/mol. The summed E-state index contributed by atoms with van der Waals surface area (Å²) in [5, 5.41) is 0. The molecule has 178 valence electrons. The Morgan fingerprint density at radius 2 is 1.67 bits per heavy atom. The van der Waals surface area contributed by atoms with Crippen LogP contribution in [0.1, 0.15) is 59.8 Å². The topological polar surface area (TPSA) is 66.9 Å². The number of carbonyl (C=O) groups excluding carboxylic acids is 1. The lowest BCUT2D eigenvalue weighted by Crippen LogP contribution is -2.46. The van der Waals surface area contributed by atoms with Crippen molar-refractivity contribution in [2.45, 2.75) is 57.6 Å². The Hall–Kier alpha value is -2.22. The Morgan fingerprint density at radius 1 is 1.00 bits per heavy atom. The Labute approximate surface area is 197 Å². The van der Waals surface area contributed by atoms with Crippen molar-refractivity contribution in [1.29, 1.82) is 0 Å². The second-order valence-corrected chi connectivity index (χ2v) is 11.5. The zero-order valence-corrected chi connectivity index (χ0v) is 20.8. The molecule has 4 rings (SSSR count). The van der Waals surface area contributed by atoms with Crippen molar-refractivity contribution < 1.29 is 17.9 Å². The van der Waals surface area contributed by atoms with Crippen molar-refractivity contribution in [3.8, 4) is 0 Å². The van der Waals surface area contributed by atoms with E-state index >= 15 is 0 Å². The van der Waals surface area contributed by atoms with Gasteiger partial charge in [0.1, 0.15) is 6.10 Å². The summed E-state index contributed by atoms with van der Waals surface area (Å²) in [4.78, 5) is 15.6. The van der Waals surface area contributed by atoms with Crippen molar-refractivity contribution in [3.05, 3.63) is 64.7 Å². The SMILES string of the molecule is Cc1cc(C(=O)N2CC(C)OC(c3ccccc3)C2)cc(S(=O)(=O)N2CCC(C)CC2)c1C. The molecular weight excluding hydrogens is 436 g/mol. The molecule has 2 fully saturated rings. The molecule has 2 aromatic rings. The number of aryl methyl sites for hydroxylation is 1. The number of hydrogen-bond acceptors (Lipinski definition) is 4. The molecule has 2 saturated heterocycles. The van der Waals surface area contributed by atoms with Crippen LogP contribution in [0.15, 0.2) is 47.4 Å². The Morgan fingerprint density at radius 3 is 2.33 bits per heavy atom. The third kappa shape index (κ3) is 5.00. The van der Waals surface area contributed by atoms with Crippen LogP contribution in [0.2, 0.25) is 0 Å². The maximum absolute atomic E-state index is 13.5. The fraction of sp³-hybridized carbons (Fsp3) is 0.500. The zero-order valence-electron chi connectivity index (χ0n) is 20.0. The summed E-state index contributed by atoms with van der Waals surface area (Å²) in [5.74, 6) is 0.381. The third-order valence-electron chi connectivity index (χ3n) is 6.95. The highest BCUT2D eigenvalue weighted by molar-refractivity contribution is 7.89. The van der Waals surface area contributed by atoms with Crippen molar-refractivity contribution in [2.24, 2.45) is 5.92 Å². The molecule has 2 atom stereocenters. The molecule has 2 aliphatic rings. The fourth-order valence-corrected chi connectivity index (χ4v) is 6.53. The first-order valence-electron chi connectivity index (χ1n) is 11.8. The van der Waals surface area contributed by atoms with Crippen LogP contribution >= 0.6 is 0 Å². The summed E-state index contributed by atoms with van der Waals surface area (Å²) in [6, 6.07) is 13.3. The summed E-state index contributed by atoms with van der Waals surface area (Å²) in [6.07, 6.45) is 1.41. The Bertz CT molecular complexity index is 1110. The van der Waals surface area contributed by atoms with Gasteiger partial charge in [-0.2, -0.15) is 4.31 Å². The van der Waals surface area contributed by atoms with Crippen LogP contribution in [0.25, 0.3) is 0 Å². The first kappa shape index (κ1) is 23.9. The van der Waals surface area contributed by atoms with E-state index < -0.39 is 10.0 Å². The number of rotatable bonds is 4. The van der Waals surface area contributed by atoms with Crippen molar-refractivity contribution in [3.63, 3.8) is 0 Å². The summed E-state index contributed by atoms with van der Waals surface area (Å²) in [5.41, 5.74) is 2.97. The molecule has 2 aliphatic heterocycles. The monoisotopic (exact) mass is 470 g/mol. The van der Waals surface area contributed by atoms with Crippen molar-refractivity contribution >= 4 is 15.9 Å². The smallest absolute Gasteiger partial charge is 0.254 e. The number of hydrogen-bond donors (Lipinski definition) is 0. The summed E-state index contributed by atoms with van der Waals surface area (Å²) in [7, 11) is -3.65. The van der Waals surface area contributed by atoms with E-state index in [0.717, 1.165) is 24.0 Å². The third-order valence-corrected chi connectivity index (χ3v) is 8.97. The molecule has 2 aromatic carbocycles. The first-order valence-corrected chi connectivity index (χ1v) is 13.2. The molecule has 2 unspecified atom stereocenters. The molecule has 0 aliphatic carbocycles. The quantitative estimate of drug-likeness (QED) is 0.667. The molecule has 0 saturated carbocycles. The highest BCUT2D eigenvalue weighted by Crippen LogP contribution is 2.30. The molecule has 2 heterocycles. The van der Waals surface area contributed by atoms with Gasteiger partial charge in [0.25, 0.3) is 5.91 Å². The lowest BCUT2D eigenvalue weighted by molar-refractivity contribution is -0.0691. The van der Waals surface area contributed by atoms with E-state index in [2.05, 4.69) is 6.92 Å². The largest absolute Gasteiger partial charge is 0.367 e. The second-order valence-electron chi connectivity index (χ2n) is 9.56. The van der Waals surface area contributed by atoms with E-state index in [1.807, 2.05) is 57.2 Å². The van der Waals surface area contributed by atoms with Crippen LogP contribution in [0.4, 0.5) is 0 Å². The Kier molecular flexibility index (Phi) is 6.93. The first-order chi connectivity index (χ1) is 15.7. The lowest BCUT2D eigenvalue weighted by atomic mass is 10.0. The molecule has 0 bridgehead atoms. The lowest BCUT2D eigenvalue weighted by Gasteiger charge is -2.37. The average Bonchev–Trinajstić information content (AvgIpc) is 2.80. The number of amides is 1. The van der Waals surface area contributed by atoms with Crippen LogP contribution < -0.4 is 0 Å². The van der Waals surface area contributed by atoms with Gasteiger partial charge in [-0.25, -0.2) is 8.42 Å². The van der Waals surface area contributed by atoms with Crippen LogP contribution in [0, 0.1) is 19.8 Å². The van der Waals surface area contributed by atoms with Crippen LogP contribution in [0.3, 0.4) is 0 Å². The van der Waals surface area contributed by atoms with E-state index in [1.54, 1.807) is 15.3 Å². The number of nitrogens with zero attached hydrogens (tertiary/aromatic N) is 2. The fourth-order valence-electron chi connectivity index (χ4n) is 4.73. The zero-order chi connectivity index (χ0) is 23.8. The predicted molar refractivity (Wildman–Crippen MR) is 129 cm³/mol. The van der Waals surface area contributed by atoms with Gasteiger partial charge < -0.3 is 9.64 Å².